The van der Waals surface area contributed by atoms with Crippen LogP contribution >= 0.6 is 0 Å². The minimum Gasteiger partial charge on any atom is -0.478 e. The summed E-state index contributed by atoms with van der Waals surface area (Å²) < 4.78 is 10.7. The van der Waals surface area contributed by atoms with Crippen molar-refractivity contribution in [1.29, 1.82) is 0 Å². The number of methoxy groups -OCH3 is 1. The Kier molecular flexibility index (Phi) is 7.03. The maximum Gasteiger partial charge on any atom is 0.262 e. The lowest BCUT2D eigenvalue weighted by atomic mass is 9.91. The molecule has 1 aliphatic heterocycles. The largest absolute Gasteiger partial charge is 0.478 e. The molecule has 0 saturated carbocycles. The molecule has 0 atom stereocenters. The van der Waals surface area contributed by atoms with Crippen molar-refractivity contribution in [2.24, 2.45) is 5.73 Å². The normalized spacial score (nSPS) is 15.6. The first-order chi connectivity index (χ1) is 15.1. The second-order valence-electron chi connectivity index (χ2n) is 6.47. The summed E-state index contributed by atoms with van der Waals surface area (Å²) in [6.45, 7) is 2.73. The Bertz CT molecular complexity index is 1000. The summed E-state index contributed by atoms with van der Waals surface area (Å²) >= 11 is 0. The van der Waals surface area contributed by atoms with Gasteiger partial charge in [-0.3, -0.25) is 9.59 Å². The minimum atomic E-state index is -0.431. The Morgan fingerprint density at radius 1 is 1.10 bits per heavy atom. The number of carbonyl (C=O) groups excluding carboxylic acids is 2. The van der Waals surface area contributed by atoms with Crippen LogP contribution in [-0.4, -0.2) is 55.2 Å². The van der Waals surface area contributed by atoms with Crippen LogP contribution in [0.1, 0.15) is 20.7 Å². The number of nitrogens with one attached hydrogen (secondary N) is 1. The summed E-state index contributed by atoms with van der Waals surface area (Å²) in [5, 5.41) is 6.75. The lowest BCUT2D eigenvalue weighted by Crippen LogP contribution is -2.42. The number of benzene rings is 1. The molecule has 7 N–H and O–H groups in total. The van der Waals surface area contributed by atoms with Gasteiger partial charge in [0.1, 0.15) is 17.2 Å². The number of fused-ring (bicyclic) bond motifs is 1. The summed E-state index contributed by atoms with van der Waals surface area (Å²) in [5.74, 6) is 2.61. The highest BCUT2D eigenvalue weighted by molar-refractivity contribution is 6.26. The number of anilines is 1. The van der Waals surface area contributed by atoms with E-state index in [1.54, 1.807) is 36.4 Å². The van der Waals surface area contributed by atoms with E-state index in [4.69, 9.17) is 25.3 Å². The average Bonchev–Trinajstić information content (AvgIpc) is 2.84. The van der Waals surface area contributed by atoms with Crippen LogP contribution in [0, 0.1) is 0 Å². The van der Waals surface area contributed by atoms with Gasteiger partial charge in [0.15, 0.2) is 0 Å². The van der Waals surface area contributed by atoms with Gasteiger partial charge in [-0.05, 0) is 12.1 Å². The van der Waals surface area contributed by atoms with Crippen molar-refractivity contribution in [2.75, 3.05) is 38.3 Å². The van der Waals surface area contributed by atoms with Crippen LogP contribution in [0.4, 0.5) is 5.82 Å². The van der Waals surface area contributed by atoms with E-state index in [2.05, 4.69) is 21.3 Å². The molecule has 31 heavy (non-hydrogen) atoms. The number of nitrogens with zero attached hydrogens (tertiary/aromatic N) is 2. The van der Waals surface area contributed by atoms with Crippen molar-refractivity contribution in [1.82, 2.24) is 10.5 Å². The van der Waals surface area contributed by atoms with E-state index in [-0.39, 0.29) is 34.2 Å². The quantitative estimate of drug-likeness (QED) is 0.462. The van der Waals surface area contributed by atoms with Crippen LogP contribution in [0.15, 0.2) is 47.8 Å². The molecule has 1 saturated heterocycles. The van der Waals surface area contributed by atoms with Crippen molar-refractivity contribution in [2.45, 2.75) is 0 Å². The summed E-state index contributed by atoms with van der Waals surface area (Å²) in [6, 6.07) is 9.95. The summed E-state index contributed by atoms with van der Waals surface area (Å²) in [7, 11) is 1.47. The number of Topliss-reactive ketones (excluding diaryl/α,β-unsaturated/α-hetero) is 2. The number of hydrogen-bond acceptors (Lipinski definition) is 10. The summed E-state index contributed by atoms with van der Waals surface area (Å²) in [4.78, 5) is 37.2. The van der Waals surface area contributed by atoms with Crippen LogP contribution in [0.5, 0.6) is 11.6 Å². The Morgan fingerprint density at radius 3 is 2.39 bits per heavy atom. The third-order valence-electron chi connectivity index (χ3n) is 4.76. The second kappa shape index (κ2) is 9.89. The number of hydrogen-bond donors (Lipinski definition) is 4. The predicted octanol–water partition coefficient (Wildman–Crippen LogP) is -0.323. The van der Waals surface area contributed by atoms with Crippen molar-refractivity contribution >= 4 is 17.4 Å². The fraction of sp³-hybridized carbons (Fsp3) is 0.250. The Labute approximate surface area is 178 Å². The molecule has 164 valence electrons. The topological polar surface area (TPSA) is 164 Å². The molecular weight excluding hydrogens is 406 g/mol. The Morgan fingerprint density at radius 2 is 1.74 bits per heavy atom. The molecule has 11 heteroatoms. The highest BCUT2D eigenvalue weighted by Crippen LogP contribution is 2.29. The molecule has 1 fully saturated rings. The number of allylic oxidation sites excluding steroid dienone is 2. The number of carbonyl (C=O) groups is 2. The number of ketones is 2. The zero-order valence-electron chi connectivity index (χ0n) is 17.0. The van der Waals surface area contributed by atoms with E-state index >= 15 is 0 Å². The number of morpholine rings is 1. The molecule has 0 spiro atoms. The molecule has 0 radical (unpaired) electrons. The molecule has 2 aliphatic rings. The number of ether oxygens (including phenoxy) is 2. The van der Waals surface area contributed by atoms with Gasteiger partial charge in [-0.15, -0.1) is 0 Å². The van der Waals surface area contributed by atoms with E-state index in [9.17, 15) is 9.59 Å². The van der Waals surface area contributed by atoms with Gasteiger partial charge in [0.25, 0.3) is 5.88 Å². The van der Waals surface area contributed by atoms with Crippen LogP contribution in [-0.2, 0) is 4.74 Å². The maximum atomic E-state index is 12.7. The van der Waals surface area contributed by atoms with Crippen molar-refractivity contribution < 1.29 is 35.0 Å². The fourth-order valence-corrected chi connectivity index (χ4v) is 3.21. The fourth-order valence-electron chi connectivity index (χ4n) is 3.21. The molecule has 1 aliphatic carbocycles. The lowest BCUT2D eigenvalue weighted by molar-refractivity contribution is -0.670. The maximum absolute atomic E-state index is 12.7. The molecule has 1 aromatic carbocycles. The number of quaternary nitrogens is 1. The van der Waals surface area contributed by atoms with Crippen molar-refractivity contribution in [3.63, 3.8) is 0 Å². The number of hydroxylamine groups is 1. The summed E-state index contributed by atoms with van der Waals surface area (Å²) in [6.07, 6.45) is 0. The number of aromatic nitrogens is 1. The van der Waals surface area contributed by atoms with Crippen LogP contribution in [0.25, 0.3) is 0 Å². The van der Waals surface area contributed by atoms with E-state index < -0.39 is 11.6 Å². The average molecular weight is 430 g/mol. The van der Waals surface area contributed by atoms with E-state index in [0.717, 1.165) is 18.9 Å². The Hall–Kier alpha value is -3.67. The standard InChI is InChI=1S/C20H20N4O5.H4NO/c1-27-20-14(6-7-15(22-20)24-8-10-28-11-9-24)29-23-17-16(21)18(25)12-4-2-3-5-13(12)19(17)26;1-2/h2-7,23H,8-11,21H2,1H3;2H,1H3/q;+1. The highest BCUT2D eigenvalue weighted by atomic mass is 16.7. The molecule has 4 rings (SSSR count). The smallest absolute Gasteiger partial charge is 0.262 e. The first kappa shape index (κ1) is 22.0. The number of rotatable bonds is 5. The van der Waals surface area contributed by atoms with Crippen LogP contribution in [0.2, 0.25) is 0 Å². The van der Waals surface area contributed by atoms with Gasteiger partial charge >= 0.3 is 0 Å². The first-order valence-electron chi connectivity index (χ1n) is 9.40. The van der Waals surface area contributed by atoms with Crippen LogP contribution in [0.3, 0.4) is 0 Å². The lowest BCUT2D eigenvalue weighted by Gasteiger charge is -2.28. The molecular formula is C20H24N5O6+. The third kappa shape index (κ3) is 4.43. The first-order valence-corrected chi connectivity index (χ1v) is 9.40. The zero-order chi connectivity index (χ0) is 22.4. The number of pyridine rings is 1. The third-order valence-corrected chi connectivity index (χ3v) is 4.76. The van der Waals surface area contributed by atoms with Gasteiger partial charge in [-0.25, -0.2) is 16.6 Å². The predicted molar refractivity (Wildman–Crippen MR) is 109 cm³/mol. The molecule has 1 aromatic heterocycles. The van der Waals surface area contributed by atoms with E-state index in [1.165, 1.54) is 7.11 Å². The second-order valence-corrected chi connectivity index (χ2v) is 6.47. The van der Waals surface area contributed by atoms with Gasteiger partial charge in [0.05, 0.1) is 20.3 Å². The molecule has 0 bridgehead atoms. The Balaban J connectivity index is 0.00000132. The monoisotopic (exact) mass is 430 g/mol. The van der Waals surface area contributed by atoms with Crippen molar-refractivity contribution in [3.05, 3.63) is 58.9 Å². The van der Waals surface area contributed by atoms with Gasteiger partial charge in [0, 0.05) is 24.2 Å². The van der Waals surface area contributed by atoms with E-state index in [0.29, 0.717) is 13.2 Å². The van der Waals surface area contributed by atoms with Gasteiger partial charge in [0.2, 0.25) is 17.3 Å². The van der Waals surface area contributed by atoms with Crippen LogP contribution < -0.4 is 31.6 Å². The van der Waals surface area contributed by atoms with Gasteiger partial charge in [-0.2, -0.15) is 4.98 Å². The summed E-state index contributed by atoms with van der Waals surface area (Å²) in [5.41, 5.74) is 8.62. The molecule has 2 aromatic rings. The minimum absolute atomic E-state index is 0.118. The molecule has 0 amide bonds. The van der Waals surface area contributed by atoms with Gasteiger partial charge < -0.3 is 24.9 Å². The number of nitrogens with two attached hydrogens (primary N) is 1. The molecule has 0 unspecified atom stereocenters. The molecule has 2 heterocycles. The van der Waals surface area contributed by atoms with Crippen molar-refractivity contribution in [3.8, 4) is 11.6 Å². The van der Waals surface area contributed by atoms with Gasteiger partial charge in [-0.1, -0.05) is 24.3 Å². The SMILES string of the molecule is COc1nc(N2CCOCC2)ccc1ONC1=C(N)C(=O)c2ccccc2C1=O.[NH3+]O. The van der Waals surface area contributed by atoms with E-state index in [1.807, 2.05) is 0 Å². The molecule has 11 nitrogen and oxygen atoms in total. The zero-order valence-corrected chi connectivity index (χ0v) is 17.0. The highest BCUT2D eigenvalue weighted by Gasteiger charge is 2.31.